The summed E-state index contributed by atoms with van der Waals surface area (Å²) in [5.74, 6) is 1.39. The smallest absolute Gasteiger partial charge is 0.137 e. The molecule has 2 aliphatic rings. The number of benzene rings is 1. The molecule has 5 rings (SSSR count). The van der Waals surface area contributed by atoms with E-state index in [4.69, 9.17) is 14.2 Å². The Morgan fingerprint density at radius 1 is 1.07 bits per heavy atom. The van der Waals surface area contributed by atoms with Gasteiger partial charge in [-0.15, -0.1) is 0 Å². The zero-order chi connectivity index (χ0) is 20.5. The van der Waals surface area contributed by atoms with Crippen LogP contribution in [0, 0.1) is 6.92 Å². The van der Waals surface area contributed by atoms with E-state index in [9.17, 15) is 0 Å². The van der Waals surface area contributed by atoms with Crippen LogP contribution >= 0.6 is 0 Å². The van der Waals surface area contributed by atoms with Gasteiger partial charge in [0.05, 0.1) is 26.4 Å². The predicted octanol–water partition coefficient (Wildman–Crippen LogP) is 4.10. The second kappa shape index (κ2) is 8.38. The molecule has 4 heterocycles. The number of aromatic nitrogens is 2. The predicted molar refractivity (Wildman–Crippen MR) is 117 cm³/mol. The molecule has 0 radical (unpaired) electrons. The summed E-state index contributed by atoms with van der Waals surface area (Å²) in [7, 11) is 1.77. The van der Waals surface area contributed by atoms with Crippen molar-refractivity contribution in [3.05, 3.63) is 47.3 Å². The van der Waals surface area contributed by atoms with Gasteiger partial charge in [0.15, 0.2) is 0 Å². The molecule has 2 aromatic heterocycles. The van der Waals surface area contributed by atoms with Crippen LogP contribution in [0.1, 0.15) is 41.5 Å². The first kappa shape index (κ1) is 19.5. The molecule has 0 aliphatic carbocycles. The fraction of sp³-hybridized carbons (Fsp3) is 0.458. The fourth-order valence-electron chi connectivity index (χ4n) is 4.75. The van der Waals surface area contributed by atoms with Crippen LogP contribution in [0.5, 0.6) is 5.75 Å². The van der Waals surface area contributed by atoms with Crippen LogP contribution in [0.4, 0.5) is 0 Å². The Morgan fingerprint density at radius 2 is 1.93 bits per heavy atom. The Bertz CT molecular complexity index is 1030. The third-order valence-corrected chi connectivity index (χ3v) is 6.39. The molecular weight excluding hydrogens is 378 g/mol. The number of aryl methyl sites for hydroxylation is 1. The summed E-state index contributed by atoms with van der Waals surface area (Å²) in [6, 6.07) is 6.86. The van der Waals surface area contributed by atoms with Crippen molar-refractivity contribution in [2.75, 3.05) is 40.1 Å². The van der Waals surface area contributed by atoms with Crippen LogP contribution in [0.25, 0.3) is 22.2 Å². The van der Waals surface area contributed by atoms with E-state index >= 15 is 0 Å². The van der Waals surface area contributed by atoms with Gasteiger partial charge in [0.2, 0.25) is 0 Å². The number of fused-ring (bicyclic) bond motifs is 1. The molecule has 6 nitrogen and oxygen atoms in total. The molecule has 2 saturated heterocycles. The lowest BCUT2D eigenvalue weighted by Gasteiger charge is -2.32. The number of methoxy groups -OCH3 is 1. The molecule has 3 aromatic rings. The minimum Gasteiger partial charge on any atom is -0.496 e. The van der Waals surface area contributed by atoms with Gasteiger partial charge in [-0.3, -0.25) is 0 Å². The number of aromatic amines is 1. The molecule has 2 N–H and O–H groups in total. The van der Waals surface area contributed by atoms with Gasteiger partial charge in [-0.1, -0.05) is 0 Å². The van der Waals surface area contributed by atoms with E-state index in [0.717, 1.165) is 67.1 Å². The second-order valence-corrected chi connectivity index (χ2v) is 8.24. The Labute approximate surface area is 176 Å². The molecule has 0 bridgehead atoms. The number of nitrogens with one attached hydrogen (secondary N) is 2. The van der Waals surface area contributed by atoms with Crippen molar-refractivity contribution in [3.63, 3.8) is 0 Å². The van der Waals surface area contributed by atoms with Crippen LogP contribution < -0.4 is 10.1 Å². The first-order valence-electron chi connectivity index (χ1n) is 10.8. The monoisotopic (exact) mass is 407 g/mol. The molecule has 2 fully saturated rings. The lowest BCUT2D eigenvalue weighted by molar-refractivity contribution is 0.0736. The molecule has 30 heavy (non-hydrogen) atoms. The summed E-state index contributed by atoms with van der Waals surface area (Å²) in [5, 5.41) is 4.80. The zero-order valence-electron chi connectivity index (χ0n) is 17.7. The molecule has 6 heteroatoms. The van der Waals surface area contributed by atoms with Crippen LogP contribution in [0.15, 0.2) is 30.6 Å². The van der Waals surface area contributed by atoms with E-state index in [1.165, 1.54) is 16.7 Å². The van der Waals surface area contributed by atoms with Crippen LogP contribution in [0.2, 0.25) is 0 Å². The number of pyridine rings is 1. The minimum absolute atomic E-state index is 0.163. The number of ether oxygens (including phenoxy) is 3. The van der Waals surface area contributed by atoms with E-state index in [0.29, 0.717) is 12.5 Å². The summed E-state index contributed by atoms with van der Waals surface area (Å²) in [5.41, 5.74) is 6.93. The Hall–Kier alpha value is -2.41. The standard InChI is InChI=1S/C24H29N3O3/c1-15-12-26-24-19(15)10-18(13-27-24)17-9-20(21-14-30-8-5-25-21)23(22(11-17)28-2)16-3-6-29-7-4-16/h9-13,16,21,25H,3-8,14H2,1-2H3,(H,26,27). The Kier molecular flexibility index (Phi) is 5.46. The molecule has 1 atom stereocenters. The number of H-pyrrole nitrogens is 1. The van der Waals surface area contributed by atoms with E-state index in [1.54, 1.807) is 7.11 Å². The van der Waals surface area contributed by atoms with Gasteiger partial charge in [0, 0.05) is 48.7 Å². The summed E-state index contributed by atoms with van der Waals surface area (Å²) >= 11 is 0. The second-order valence-electron chi connectivity index (χ2n) is 8.24. The summed E-state index contributed by atoms with van der Waals surface area (Å²) in [4.78, 5) is 7.87. The highest BCUT2D eigenvalue weighted by molar-refractivity contribution is 5.84. The largest absolute Gasteiger partial charge is 0.496 e. The number of hydrogen-bond acceptors (Lipinski definition) is 5. The van der Waals surface area contributed by atoms with Gasteiger partial charge in [0.25, 0.3) is 0 Å². The Morgan fingerprint density at radius 3 is 2.70 bits per heavy atom. The lowest BCUT2D eigenvalue weighted by atomic mass is 9.83. The van der Waals surface area contributed by atoms with Gasteiger partial charge in [0.1, 0.15) is 11.4 Å². The summed E-state index contributed by atoms with van der Waals surface area (Å²) in [6.45, 7) is 6.01. The highest BCUT2D eigenvalue weighted by Crippen LogP contribution is 2.42. The highest BCUT2D eigenvalue weighted by Gasteiger charge is 2.28. The highest BCUT2D eigenvalue weighted by atomic mass is 16.5. The summed E-state index contributed by atoms with van der Waals surface area (Å²) in [6.07, 6.45) is 5.99. The maximum absolute atomic E-state index is 5.95. The van der Waals surface area contributed by atoms with Gasteiger partial charge in [-0.05, 0) is 60.6 Å². The average molecular weight is 408 g/mol. The van der Waals surface area contributed by atoms with Crippen LogP contribution in [-0.4, -0.2) is 50.1 Å². The van der Waals surface area contributed by atoms with Crippen molar-refractivity contribution in [1.82, 2.24) is 15.3 Å². The normalized spacial score (nSPS) is 20.5. The number of morpholine rings is 1. The van der Waals surface area contributed by atoms with Gasteiger partial charge < -0.3 is 24.5 Å². The lowest BCUT2D eigenvalue weighted by Crippen LogP contribution is -2.35. The zero-order valence-corrected chi connectivity index (χ0v) is 17.7. The quantitative estimate of drug-likeness (QED) is 0.681. The van der Waals surface area contributed by atoms with Crippen LogP contribution in [-0.2, 0) is 9.47 Å². The van der Waals surface area contributed by atoms with Crippen molar-refractivity contribution in [2.24, 2.45) is 0 Å². The topological polar surface area (TPSA) is 68.4 Å². The van der Waals surface area contributed by atoms with E-state index in [1.807, 2.05) is 12.4 Å². The van der Waals surface area contributed by atoms with Crippen molar-refractivity contribution in [2.45, 2.75) is 31.7 Å². The van der Waals surface area contributed by atoms with Gasteiger partial charge in [-0.25, -0.2) is 4.98 Å². The third kappa shape index (κ3) is 3.60. The van der Waals surface area contributed by atoms with Crippen molar-refractivity contribution in [1.29, 1.82) is 0 Å². The fourth-order valence-corrected chi connectivity index (χ4v) is 4.75. The Balaban J connectivity index is 1.65. The molecular formula is C24H29N3O3. The third-order valence-electron chi connectivity index (χ3n) is 6.39. The molecule has 2 aliphatic heterocycles. The number of hydrogen-bond donors (Lipinski definition) is 2. The van der Waals surface area contributed by atoms with Gasteiger partial charge >= 0.3 is 0 Å². The SMILES string of the molecule is COc1cc(-c2cnc3[nH]cc(C)c3c2)cc(C2COCCN2)c1C1CCOCC1. The molecule has 1 aromatic carbocycles. The van der Waals surface area contributed by atoms with Crippen molar-refractivity contribution in [3.8, 4) is 16.9 Å². The molecule has 1 unspecified atom stereocenters. The first-order valence-corrected chi connectivity index (χ1v) is 10.8. The van der Waals surface area contributed by atoms with Gasteiger partial charge in [-0.2, -0.15) is 0 Å². The van der Waals surface area contributed by atoms with E-state index < -0.39 is 0 Å². The molecule has 158 valence electrons. The van der Waals surface area contributed by atoms with Crippen molar-refractivity contribution >= 4 is 11.0 Å². The van der Waals surface area contributed by atoms with Crippen LogP contribution in [0.3, 0.4) is 0 Å². The average Bonchev–Trinajstić information content (AvgIpc) is 3.19. The van der Waals surface area contributed by atoms with Crippen molar-refractivity contribution < 1.29 is 14.2 Å². The number of nitrogens with zero attached hydrogens (tertiary/aromatic N) is 1. The first-order chi connectivity index (χ1) is 14.7. The molecule has 0 spiro atoms. The molecule has 0 amide bonds. The molecule has 0 saturated carbocycles. The number of rotatable bonds is 4. The minimum atomic E-state index is 0.163. The summed E-state index contributed by atoms with van der Waals surface area (Å²) < 4.78 is 17.4. The van der Waals surface area contributed by atoms with E-state index in [-0.39, 0.29) is 6.04 Å². The maximum atomic E-state index is 5.95. The van der Waals surface area contributed by atoms with E-state index in [2.05, 4.69) is 40.4 Å². The maximum Gasteiger partial charge on any atom is 0.137 e.